The summed E-state index contributed by atoms with van der Waals surface area (Å²) < 4.78 is 6.33. The molecular formula is C10H16BrN3O. The molecule has 0 radical (unpaired) electrons. The molecule has 0 spiro atoms. The van der Waals surface area contributed by atoms with Crippen molar-refractivity contribution >= 4 is 21.7 Å². The molecule has 0 aliphatic carbocycles. The molecule has 84 valence electrons. The highest BCUT2D eigenvalue weighted by molar-refractivity contribution is 9.10. The Labute approximate surface area is 98.6 Å². The Hall–Kier alpha value is -0.840. The lowest BCUT2D eigenvalue weighted by atomic mass is 10.1. The van der Waals surface area contributed by atoms with Gasteiger partial charge < -0.3 is 10.1 Å². The van der Waals surface area contributed by atoms with E-state index in [0.29, 0.717) is 18.4 Å². The number of hydrogen-bond donors (Lipinski definition) is 1. The fraction of sp³-hybridized carbons (Fsp3) is 0.600. The summed E-state index contributed by atoms with van der Waals surface area (Å²) in [5, 5.41) is 2.96. The summed E-state index contributed by atoms with van der Waals surface area (Å²) in [6.07, 6.45) is 2.51. The Morgan fingerprint density at radius 1 is 1.47 bits per heavy atom. The van der Waals surface area contributed by atoms with Crippen LogP contribution in [0.1, 0.15) is 20.3 Å². The molecule has 0 saturated heterocycles. The maximum Gasteiger partial charge on any atom is 0.233 e. The summed E-state index contributed by atoms with van der Waals surface area (Å²) in [7, 11) is 1.81. The van der Waals surface area contributed by atoms with E-state index in [1.165, 1.54) is 6.33 Å². The molecule has 0 saturated carbocycles. The minimum Gasteiger partial charge on any atom is -0.477 e. The fourth-order valence-electron chi connectivity index (χ4n) is 1.02. The highest BCUT2D eigenvalue weighted by atomic mass is 79.9. The monoisotopic (exact) mass is 273 g/mol. The number of nitrogens with one attached hydrogen (secondary N) is 1. The molecule has 1 aromatic heterocycles. The van der Waals surface area contributed by atoms with E-state index in [2.05, 4.69) is 45.1 Å². The van der Waals surface area contributed by atoms with E-state index in [4.69, 9.17) is 4.74 Å². The van der Waals surface area contributed by atoms with Crippen molar-refractivity contribution in [1.82, 2.24) is 9.97 Å². The van der Waals surface area contributed by atoms with Crippen molar-refractivity contribution in [2.24, 2.45) is 5.92 Å². The lowest BCUT2D eigenvalue weighted by Gasteiger charge is -2.10. The van der Waals surface area contributed by atoms with Crippen LogP contribution in [0.4, 0.5) is 5.82 Å². The van der Waals surface area contributed by atoms with Gasteiger partial charge in [-0.2, -0.15) is 0 Å². The van der Waals surface area contributed by atoms with E-state index >= 15 is 0 Å². The zero-order valence-electron chi connectivity index (χ0n) is 9.25. The van der Waals surface area contributed by atoms with Crippen LogP contribution in [0.3, 0.4) is 0 Å². The standard InChI is InChI=1S/C10H16BrN3O/c1-7(2)4-5-15-10-8(11)9(12-3)13-6-14-10/h6-7H,4-5H2,1-3H3,(H,12,13,14). The Morgan fingerprint density at radius 2 is 2.20 bits per heavy atom. The average molecular weight is 274 g/mol. The van der Waals surface area contributed by atoms with Crippen LogP contribution in [0.5, 0.6) is 5.88 Å². The van der Waals surface area contributed by atoms with E-state index in [0.717, 1.165) is 16.7 Å². The molecule has 1 N–H and O–H groups in total. The minimum atomic E-state index is 0.593. The van der Waals surface area contributed by atoms with E-state index in [1.54, 1.807) is 0 Å². The van der Waals surface area contributed by atoms with Gasteiger partial charge in [-0.3, -0.25) is 0 Å². The van der Waals surface area contributed by atoms with Crippen LogP contribution in [0, 0.1) is 5.92 Å². The van der Waals surface area contributed by atoms with Crippen molar-refractivity contribution < 1.29 is 4.74 Å². The van der Waals surface area contributed by atoms with Crippen molar-refractivity contribution in [2.75, 3.05) is 19.0 Å². The maximum absolute atomic E-state index is 5.55. The number of nitrogens with zero attached hydrogens (tertiary/aromatic N) is 2. The number of aromatic nitrogens is 2. The second-order valence-corrected chi connectivity index (χ2v) is 4.42. The summed E-state index contributed by atoms with van der Waals surface area (Å²) in [5.41, 5.74) is 0. The fourth-order valence-corrected chi connectivity index (χ4v) is 1.54. The van der Waals surface area contributed by atoms with Gasteiger partial charge in [-0.15, -0.1) is 0 Å². The predicted molar refractivity (Wildman–Crippen MR) is 64.2 cm³/mol. The predicted octanol–water partition coefficient (Wildman–Crippen LogP) is 2.71. The second kappa shape index (κ2) is 5.90. The number of halogens is 1. The third-order valence-corrected chi connectivity index (χ3v) is 2.64. The van der Waals surface area contributed by atoms with Crippen LogP contribution in [-0.2, 0) is 0 Å². The van der Waals surface area contributed by atoms with Crippen molar-refractivity contribution in [2.45, 2.75) is 20.3 Å². The summed E-state index contributed by atoms with van der Waals surface area (Å²) in [6, 6.07) is 0. The van der Waals surface area contributed by atoms with E-state index < -0.39 is 0 Å². The number of ether oxygens (including phenoxy) is 1. The van der Waals surface area contributed by atoms with Gasteiger partial charge in [0.05, 0.1) is 6.61 Å². The van der Waals surface area contributed by atoms with Crippen LogP contribution in [0.15, 0.2) is 10.8 Å². The van der Waals surface area contributed by atoms with Gasteiger partial charge in [0.2, 0.25) is 5.88 Å². The van der Waals surface area contributed by atoms with Gasteiger partial charge in [0.15, 0.2) is 0 Å². The van der Waals surface area contributed by atoms with Crippen molar-refractivity contribution in [3.05, 3.63) is 10.8 Å². The van der Waals surface area contributed by atoms with Gasteiger partial charge in [-0.1, -0.05) is 13.8 Å². The van der Waals surface area contributed by atoms with Crippen molar-refractivity contribution in [3.63, 3.8) is 0 Å². The first-order chi connectivity index (χ1) is 7.15. The van der Waals surface area contributed by atoms with Crippen LogP contribution >= 0.6 is 15.9 Å². The average Bonchev–Trinajstić information content (AvgIpc) is 2.20. The van der Waals surface area contributed by atoms with Crippen molar-refractivity contribution in [1.29, 1.82) is 0 Å². The maximum atomic E-state index is 5.55. The molecule has 15 heavy (non-hydrogen) atoms. The molecule has 1 aromatic rings. The number of anilines is 1. The lowest BCUT2D eigenvalue weighted by molar-refractivity contribution is 0.277. The van der Waals surface area contributed by atoms with E-state index in [1.807, 2.05) is 7.05 Å². The molecule has 1 heterocycles. The number of rotatable bonds is 5. The summed E-state index contributed by atoms with van der Waals surface area (Å²) in [6.45, 7) is 5.01. The smallest absolute Gasteiger partial charge is 0.233 e. The van der Waals surface area contributed by atoms with Gasteiger partial charge in [0, 0.05) is 7.05 Å². The third kappa shape index (κ3) is 3.66. The zero-order chi connectivity index (χ0) is 11.3. The number of hydrogen-bond acceptors (Lipinski definition) is 4. The SMILES string of the molecule is CNc1ncnc(OCCC(C)C)c1Br. The van der Waals surface area contributed by atoms with Crippen LogP contribution in [0.25, 0.3) is 0 Å². The Bertz CT molecular complexity index is 318. The molecule has 0 amide bonds. The van der Waals surface area contributed by atoms with E-state index in [-0.39, 0.29) is 0 Å². The Morgan fingerprint density at radius 3 is 2.80 bits per heavy atom. The van der Waals surface area contributed by atoms with E-state index in [9.17, 15) is 0 Å². The molecule has 1 rings (SSSR count). The summed E-state index contributed by atoms with van der Waals surface area (Å²) >= 11 is 3.40. The second-order valence-electron chi connectivity index (χ2n) is 3.62. The zero-order valence-corrected chi connectivity index (χ0v) is 10.8. The molecule has 0 unspecified atom stereocenters. The Balaban J connectivity index is 2.61. The summed E-state index contributed by atoms with van der Waals surface area (Å²) in [4.78, 5) is 8.12. The first kappa shape index (κ1) is 12.2. The van der Waals surface area contributed by atoms with Crippen LogP contribution in [0.2, 0.25) is 0 Å². The molecule has 0 atom stereocenters. The molecule has 4 nitrogen and oxygen atoms in total. The topological polar surface area (TPSA) is 47.0 Å². The van der Waals surface area contributed by atoms with Gasteiger partial charge in [0.1, 0.15) is 16.6 Å². The molecule has 0 fully saturated rings. The highest BCUT2D eigenvalue weighted by Gasteiger charge is 2.08. The third-order valence-electron chi connectivity index (χ3n) is 1.93. The van der Waals surface area contributed by atoms with Crippen molar-refractivity contribution in [3.8, 4) is 5.88 Å². The molecule has 0 aliphatic rings. The first-order valence-corrected chi connectivity index (χ1v) is 5.75. The first-order valence-electron chi connectivity index (χ1n) is 4.96. The molecule has 0 bridgehead atoms. The van der Waals surface area contributed by atoms with Gasteiger partial charge in [0.25, 0.3) is 0 Å². The van der Waals surface area contributed by atoms with Gasteiger partial charge in [-0.05, 0) is 28.3 Å². The quantitative estimate of drug-likeness (QED) is 0.896. The van der Waals surface area contributed by atoms with Crippen LogP contribution < -0.4 is 10.1 Å². The lowest BCUT2D eigenvalue weighted by Crippen LogP contribution is -2.05. The van der Waals surface area contributed by atoms with Crippen LogP contribution in [-0.4, -0.2) is 23.6 Å². The molecule has 0 aromatic carbocycles. The molecular weight excluding hydrogens is 258 g/mol. The summed E-state index contributed by atoms with van der Waals surface area (Å²) in [5.74, 6) is 1.97. The molecule has 0 aliphatic heterocycles. The largest absolute Gasteiger partial charge is 0.477 e. The molecule has 5 heteroatoms. The van der Waals surface area contributed by atoms with Gasteiger partial charge in [-0.25, -0.2) is 9.97 Å². The highest BCUT2D eigenvalue weighted by Crippen LogP contribution is 2.27. The normalized spacial score (nSPS) is 10.5. The Kier molecular flexibility index (Phi) is 4.81. The minimum absolute atomic E-state index is 0.593. The van der Waals surface area contributed by atoms with Gasteiger partial charge >= 0.3 is 0 Å².